The zero-order chi connectivity index (χ0) is 20.6. The Bertz CT molecular complexity index is 896. The highest BCUT2D eigenvalue weighted by Crippen LogP contribution is 2.52. The number of hydrogen-bond donors (Lipinski definition) is 1. The van der Waals surface area contributed by atoms with Gasteiger partial charge in [-0.1, -0.05) is 36.4 Å². The first-order valence-corrected chi connectivity index (χ1v) is 11.4. The standard InChI is InChI=1S/C26H32N2O2/c1-30-22-10-6-19(7-11-22)18-28-14-12-26(13-15-28)17-20(16-25(29)27-21-8-9-21)23-4-2-3-5-24(23)26/h2-7,10-11,20-21H,8-9,12-18H2,1H3,(H,27,29)/t20-/m1/s1. The molecule has 1 N–H and O–H groups in total. The van der Waals surface area contributed by atoms with E-state index in [0.29, 0.717) is 18.4 Å². The van der Waals surface area contributed by atoms with Crippen LogP contribution in [0, 0.1) is 0 Å². The van der Waals surface area contributed by atoms with Crippen LogP contribution in [0.1, 0.15) is 61.1 Å². The van der Waals surface area contributed by atoms with Gasteiger partial charge in [-0.3, -0.25) is 9.69 Å². The average Bonchev–Trinajstić information content (AvgIpc) is 3.54. The first kappa shape index (κ1) is 19.6. The summed E-state index contributed by atoms with van der Waals surface area (Å²) < 4.78 is 5.28. The van der Waals surface area contributed by atoms with Crippen LogP contribution in [-0.2, 0) is 16.8 Å². The number of fused-ring (bicyclic) bond motifs is 2. The molecule has 30 heavy (non-hydrogen) atoms. The first-order valence-electron chi connectivity index (χ1n) is 11.4. The lowest BCUT2D eigenvalue weighted by molar-refractivity contribution is -0.121. The maximum absolute atomic E-state index is 12.5. The second-order valence-corrected chi connectivity index (χ2v) is 9.44. The fourth-order valence-corrected chi connectivity index (χ4v) is 5.55. The second-order valence-electron chi connectivity index (χ2n) is 9.44. The van der Waals surface area contributed by atoms with Crippen molar-refractivity contribution in [1.29, 1.82) is 0 Å². The van der Waals surface area contributed by atoms with Gasteiger partial charge in [-0.05, 0) is 85.3 Å². The molecule has 158 valence electrons. The van der Waals surface area contributed by atoms with E-state index in [1.54, 1.807) is 7.11 Å². The fourth-order valence-electron chi connectivity index (χ4n) is 5.55. The van der Waals surface area contributed by atoms with Crippen LogP contribution >= 0.6 is 0 Å². The van der Waals surface area contributed by atoms with E-state index >= 15 is 0 Å². The summed E-state index contributed by atoms with van der Waals surface area (Å²) in [5, 5.41) is 3.19. The fraction of sp³-hybridized carbons (Fsp3) is 0.500. The van der Waals surface area contributed by atoms with E-state index in [-0.39, 0.29) is 11.3 Å². The Hall–Kier alpha value is -2.33. The molecular formula is C26H32N2O2. The van der Waals surface area contributed by atoms with Gasteiger partial charge in [0.25, 0.3) is 0 Å². The molecule has 4 nitrogen and oxygen atoms in total. The predicted octanol–water partition coefficient (Wildman–Crippen LogP) is 4.39. The number of piperidine rings is 1. The topological polar surface area (TPSA) is 41.6 Å². The normalized spacial score (nSPS) is 22.6. The minimum absolute atomic E-state index is 0.242. The van der Waals surface area contributed by atoms with Crippen molar-refractivity contribution in [1.82, 2.24) is 10.2 Å². The number of carbonyl (C=O) groups is 1. The Morgan fingerprint density at radius 3 is 2.53 bits per heavy atom. The van der Waals surface area contributed by atoms with Crippen molar-refractivity contribution in [3.8, 4) is 5.75 Å². The van der Waals surface area contributed by atoms with E-state index in [1.807, 2.05) is 12.1 Å². The third kappa shape index (κ3) is 3.98. The molecule has 2 aromatic carbocycles. The average molecular weight is 405 g/mol. The number of benzene rings is 2. The molecule has 1 heterocycles. The number of methoxy groups -OCH3 is 1. The van der Waals surface area contributed by atoms with Crippen molar-refractivity contribution >= 4 is 5.91 Å². The number of nitrogens with one attached hydrogen (secondary N) is 1. The first-order chi connectivity index (χ1) is 14.6. The van der Waals surface area contributed by atoms with Crippen LogP contribution < -0.4 is 10.1 Å². The molecule has 3 aliphatic rings. The van der Waals surface area contributed by atoms with Gasteiger partial charge in [0.1, 0.15) is 5.75 Å². The van der Waals surface area contributed by atoms with E-state index in [0.717, 1.165) is 44.6 Å². The molecule has 4 heteroatoms. The molecule has 1 atom stereocenters. The number of nitrogens with zero attached hydrogens (tertiary/aromatic N) is 1. The van der Waals surface area contributed by atoms with Crippen molar-refractivity contribution in [3.63, 3.8) is 0 Å². The van der Waals surface area contributed by atoms with E-state index in [9.17, 15) is 4.79 Å². The molecule has 1 saturated carbocycles. The summed E-state index contributed by atoms with van der Waals surface area (Å²) in [6.07, 6.45) is 6.44. The van der Waals surface area contributed by atoms with Gasteiger partial charge in [-0.25, -0.2) is 0 Å². The lowest BCUT2D eigenvalue weighted by atomic mass is 9.73. The van der Waals surface area contributed by atoms with Crippen LogP contribution in [0.2, 0.25) is 0 Å². The van der Waals surface area contributed by atoms with Crippen LogP contribution in [0.4, 0.5) is 0 Å². The van der Waals surface area contributed by atoms with Gasteiger partial charge >= 0.3 is 0 Å². The summed E-state index contributed by atoms with van der Waals surface area (Å²) in [5.74, 6) is 1.52. The van der Waals surface area contributed by atoms with Crippen molar-refractivity contribution in [3.05, 3.63) is 65.2 Å². The molecule has 0 bridgehead atoms. The van der Waals surface area contributed by atoms with E-state index in [4.69, 9.17) is 4.74 Å². The number of ether oxygens (including phenoxy) is 1. The number of likely N-dealkylation sites (tertiary alicyclic amines) is 1. The Kier molecular flexibility index (Phi) is 5.28. The van der Waals surface area contributed by atoms with E-state index in [1.165, 1.54) is 29.5 Å². The Morgan fingerprint density at radius 1 is 1.10 bits per heavy atom. The van der Waals surface area contributed by atoms with Crippen molar-refractivity contribution in [2.75, 3.05) is 20.2 Å². The maximum Gasteiger partial charge on any atom is 0.220 e. The molecular weight excluding hydrogens is 372 g/mol. The molecule has 0 unspecified atom stereocenters. The monoisotopic (exact) mass is 404 g/mol. The second kappa shape index (κ2) is 8.07. The highest BCUT2D eigenvalue weighted by molar-refractivity contribution is 5.78. The zero-order valence-corrected chi connectivity index (χ0v) is 17.9. The smallest absolute Gasteiger partial charge is 0.220 e. The molecule has 1 saturated heterocycles. The minimum atomic E-state index is 0.242. The summed E-state index contributed by atoms with van der Waals surface area (Å²) in [6.45, 7) is 3.22. The van der Waals surface area contributed by atoms with Gasteiger partial charge in [0.15, 0.2) is 0 Å². The Morgan fingerprint density at radius 2 is 1.83 bits per heavy atom. The van der Waals surface area contributed by atoms with Crippen LogP contribution in [-0.4, -0.2) is 37.0 Å². The molecule has 1 aliphatic heterocycles. The minimum Gasteiger partial charge on any atom is -0.497 e. The summed E-state index contributed by atoms with van der Waals surface area (Å²) in [5.41, 5.74) is 4.52. The summed E-state index contributed by atoms with van der Waals surface area (Å²) in [6, 6.07) is 17.8. The van der Waals surface area contributed by atoms with Gasteiger partial charge in [0.2, 0.25) is 5.91 Å². The molecule has 1 amide bonds. The molecule has 0 radical (unpaired) electrons. The highest BCUT2D eigenvalue weighted by atomic mass is 16.5. The Balaban J connectivity index is 1.25. The third-order valence-electron chi connectivity index (χ3n) is 7.36. The summed E-state index contributed by atoms with van der Waals surface area (Å²) in [4.78, 5) is 15.1. The zero-order valence-electron chi connectivity index (χ0n) is 17.9. The van der Waals surface area contributed by atoms with Gasteiger partial charge in [-0.2, -0.15) is 0 Å². The quantitative estimate of drug-likeness (QED) is 0.777. The van der Waals surface area contributed by atoms with E-state index < -0.39 is 0 Å². The number of amides is 1. The van der Waals surface area contributed by atoms with E-state index in [2.05, 4.69) is 46.6 Å². The van der Waals surface area contributed by atoms with Crippen LogP contribution in [0.25, 0.3) is 0 Å². The van der Waals surface area contributed by atoms with Gasteiger partial charge in [0, 0.05) is 19.0 Å². The predicted molar refractivity (Wildman–Crippen MR) is 119 cm³/mol. The van der Waals surface area contributed by atoms with Crippen molar-refractivity contribution in [2.24, 2.45) is 0 Å². The molecule has 0 aromatic heterocycles. The largest absolute Gasteiger partial charge is 0.497 e. The highest BCUT2D eigenvalue weighted by Gasteiger charge is 2.45. The number of rotatable bonds is 6. The van der Waals surface area contributed by atoms with Gasteiger partial charge in [0.05, 0.1) is 7.11 Å². The molecule has 5 rings (SSSR count). The molecule has 1 spiro atoms. The maximum atomic E-state index is 12.5. The van der Waals surface area contributed by atoms with Crippen LogP contribution in [0.15, 0.2) is 48.5 Å². The Labute approximate surface area is 179 Å². The van der Waals surface area contributed by atoms with Gasteiger partial charge in [-0.15, -0.1) is 0 Å². The summed E-state index contributed by atoms with van der Waals surface area (Å²) in [7, 11) is 1.71. The molecule has 2 aliphatic carbocycles. The summed E-state index contributed by atoms with van der Waals surface area (Å²) >= 11 is 0. The SMILES string of the molecule is COc1ccc(CN2CCC3(CC2)C[C@@H](CC(=O)NC2CC2)c2ccccc23)cc1. The van der Waals surface area contributed by atoms with Gasteiger partial charge < -0.3 is 10.1 Å². The number of hydrogen-bond acceptors (Lipinski definition) is 3. The van der Waals surface area contributed by atoms with Crippen molar-refractivity contribution < 1.29 is 9.53 Å². The van der Waals surface area contributed by atoms with Crippen LogP contribution in [0.3, 0.4) is 0 Å². The lowest BCUT2D eigenvalue weighted by Crippen LogP contribution is -2.41. The van der Waals surface area contributed by atoms with Crippen LogP contribution in [0.5, 0.6) is 5.75 Å². The molecule has 2 aromatic rings. The lowest BCUT2D eigenvalue weighted by Gasteiger charge is -2.40. The number of carbonyl (C=O) groups excluding carboxylic acids is 1. The third-order valence-corrected chi connectivity index (χ3v) is 7.36. The van der Waals surface area contributed by atoms with Crippen molar-refractivity contribution in [2.45, 2.75) is 62.4 Å². The molecule has 2 fully saturated rings.